The van der Waals surface area contributed by atoms with Gasteiger partial charge in [0, 0.05) is 6.54 Å². The molecule has 0 aromatic rings. The second-order valence-corrected chi connectivity index (χ2v) is 3.02. The Labute approximate surface area is 72.7 Å². The van der Waals surface area contributed by atoms with Crippen molar-refractivity contribution >= 4 is 0 Å². The minimum absolute atomic E-state index is 0.0714. The topological polar surface area (TPSA) is 52.9 Å². The SMILES string of the molecule is CCN(CCO)[C@@H]1COC[C@H]1O. The fourth-order valence-electron chi connectivity index (χ4n) is 1.57. The Morgan fingerprint density at radius 2 is 2.25 bits per heavy atom. The van der Waals surface area contributed by atoms with Gasteiger partial charge in [0.2, 0.25) is 0 Å². The smallest absolute Gasteiger partial charge is 0.0950 e. The van der Waals surface area contributed by atoms with Crippen LogP contribution in [0.25, 0.3) is 0 Å². The van der Waals surface area contributed by atoms with Gasteiger partial charge in [0.25, 0.3) is 0 Å². The molecule has 0 aromatic carbocycles. The molecule has 1 aliphatic rings. The Hall–Kier alpha value is -0.160. The molecule has 2 N–H and O–H groups in total. The summed E-state index contributed by atoms with van der Waals surface area (Å²) < 4.78 is 5.13. The second kappa shape index (κ2) is 4.77. The van der Waals surface area contributed by atoms with Crippen molar-refractivity contribution in [3.8, 4) is 0 Å². The van der Waals surface area contributed by atoms with Gasteiger partial charge in [-0.3, -0.25) is 4.90 Å². The van der Waals surface area contributed by atoms with Crippen molar-refractivity contribution in [2.45, 2.75) is 19.1 Å². The average molecular weight is 175 g/mol. The fourth-order valence-corrected chi connectivity index (χ4v) is 1.57. The van der Waals surface area contributed by atoms with Gasteiger partial charge >= 0.3 is 0 Å². The number of ether oxygens (including phenoxy) is 1. The third kappa shape index (κ3) is 2.17. The number of hydrogen-bond acceptors (Lipinski definition) is 4. The summed E-state index contributed by atoms with van der Waals surface area (Å²) >= 11 is 0. The molecule has 0 unspecified atom stereocenters. The van der Waals surface area contributed by atoms with Crippen molar-refractivity contribution in [1.82, 2.24) is 4.90 Å². The van der Waals surface area contributed by atoms with Crippen LogP contribution in [0.4, 0.5) is 0 Å². The van der Waals surface area contributed by atoms with Gasteiger partial charge in [0.1, 0.15) is 0 Å². The van der Waals surface area contributed by atoms with E-state index in [0.29, 0.717) is 19.8 Å². The van der Waals surface area contributed by atoms with Crippen LogP contribution in [0.1, 0.15) is 6.92 Å². The van der Waals surface area contributed by atoms with E-state index in [0.717, 1.165) is 6.54 Å². The summed E-state index contributed by atoms with van der Waals surface area (Å²) in [6, 6.07) is 0.0714. The molecule has 0 aromatic heterocycles. The van der Waals surface area contributed by atoms with E-state index in [2.05, 4.69) is 0 Å². The molecule has 4 nitrogen and oxygen atoms in total. The van der Waals surface area contributed by atoms with Gasteiger partial charge in [-0.25, -0.2) is 0 Å². The van der Waals surface area contributed by atoms with Crippen LogP contribution in [0.15, 0.2) is 0 Å². The minimum Gasteiger partial charge on any atom is -0.395 e. The number of aliphatic hydroxyl groups is 2. The van der Waals surface area contributed by atoms with Gasteiger partial charge in [-0.05, 0) is 6.54 Å². The van der Waals surface area contributed by atoms with Gasteiger partial charge in [-0.1, -0.05) is 6.92 Å². The molecule has 4 heteroatoms. The molecule has 0 radical (unpaired) electrons. The molecule has 1 rings (SSSR count). The lowest BCUT2D eigenvalue weighted by atomic mass is 10.2. The summed E-state index contributed by atoms with van der Waals surface area (Å²) in [5.41, 5.74) is 0. The molecule has 1 aliphatic heterocycles. The Bertz CT molecular complexity index is 131. The first-order valence-corrected chi connectivity index (χ1v) is 4.40. The lowest BCUT2D eigenvalue weighted by Gasteiger charge is -2.27. The van der Waals surface area contributed by atoms with Gasteiger partial charge in [-0.15, -0.1) is 0 Å². The van der Waals surface area contributed by atoms with Gasteiger partial charge in [0.15, 0.2) is 0 Å². The monoisotopic (exact) mass is 175 g/mol. The highest BCUT2D eigenvalue weighted by Gasteiger charge is 2.30. The van der Waals surface area contributed by atoms with E-state index < -0.39 is 6.10 Å². The third-order valence-electron chi connectivity index (χ3n) is 2.28. The molecule has 0 spiro atoms. The van der Waals surface area contributed by atoms with Crippen LogP contribution in [0.5, 0.6) is 0 Å². The standard InChI is InChI=1S/C8H17NO3/c1-2-9(3-4-10)7-5-12-6-8(7)11/h7-8,10-11H,2-6H2,1H3/t7-,8-/m1/s1. The molecular formula is C8H17NO3. The first-order valence-electron chi connectivity index (χ1n) is 4.40. The molecule has 72 valence electrons. The first kappa shape index (κ1) is 9.92. The normalized spacial score (nSPS) is 30.0. The van der Waals surface area contributed by atoms with E-state index in [1.54, 1.807) is 0 Å². The zero-order chi connectivity index (χ0) is 8.97. The van der Waals surface area contributed by atoms with Crippen LogP contribution in [0.2, 0.25) is 0 Å². The van der Waals surface area contributed by atoms with Crippen LogP contribution in [-0.2, 0) is 4.74 Å². The zero-order valence-corrected chi connectivity index (χ0v) is 7.44. The highest BCUT2D eigenvalue weighted by atomic mass is 16.5. The maximum atomic E-state index is 9.47. The summed E-state index contributed by atoms with van der Waals surface area (Å²) in [6.07, 6.45) is -0.392. The van der Waals surface area contributed by atoms with Gasteiger partial charge in [-0.2, -0.15) is 0 Å². The van der Waals surface area contributed by atoms with Crippen molar-refractivity contribution in [2.24, 2.45) is 0 Å². The molecule has 0 bridgehead atoms. The van der Waals surface area contributed by atoms with E-state index >= 15 is 0 Å². The van der Waals surface area contributed by atoms with Crippen molar-refractivity contribution in [3.05, 3.63) is 0 Å². The fraction of sp³-hybridized carbons (Fsp3) is 1.00. The highest BCUT2D eigenvalue weighted by Crippen LogP contribution is 2.12. The van der Waals surface area contributed by atoms with E-state index in [4.69, 9.17) is 9.84 Å². The molecule has 0 amide bonds. The molecule has 0 saturated carbocycles. The van der Waals surface area contributed by atoms with E-state index in [1.165, 1.54) is 0 Å². The lowest BCUT2D eigenvalue weighted by Crippen LogP contribution is -2.44. The summed E-state index contributed by atoms with van der Waals surface area (Å²) in [5.74, 6) is 0. The molecule has 1 fully saturated rings. The molecule has 1 saturated heterocycles. The Kier molecular flexibility index (Phi) is 3.94. The van der Waals surface area contributed by atoms with E-state index in [-0.39, 0.29) is 12.6 Å². The van der Waals surface area contributed by atoms with E-state index in [1.807, 2.05) is 11.8 Å². The number of hydrogen-bond donors (Lipinski definition) is 2. The Morgan fingerprint density at radius 3 is 2.67 bits per heavy atom. The van der Waals surface area contributed by atoms with Crippen LogP contribution in [0, 0.1) is 0 Å². The lowest BCUT2D eigenvalue weighted by molar-refractivity contribution is 0.0736. The van der Waals surface area contributed by atoms with Crippen molar-refractivity contribution in [1.29, 1.82) is 0 Å². The van der Waals surface area contributed by atoms with E-state index in [9.17, 15) is 5.11 Å². The van der Waals surface area contributed by atoms with Crippen LogP contribution < -0.4 is 0 Å². The Morgan fingerprint density at radius 1 is 1.50 bits per heavy atom. The molecular weight excluding hydrogens is 158 g/mol. The number of aliphatic hydroxyl groups excluding tert-OH is 2. The molecule has 2 atom stereocenters. The van der Waals surface area contributed by atoms with Crippen LogP contribution in [-0.4, -0.2) is 60.2 Å². The van der Waals surface area contributed by atoms with Crippen LogP contribution in [0.3, 0.4) is 0 Å². The van der Waals surface area contributed by atoms with Gasteiger partial charge in [0.05, 0.1) is 32.0 Å². The molecule has 1 heterocycles. The summed E-state index contributed by atoms with van der Waals surface area (Å²) in [5, 5.41) is 18.2. The van der Waals surface area contributed by atoms with Crippen molar-refractivity contribution in [2.75, 3.05) is 32.9 Å². The summed E-state index contributed by atoms with van der Waals surface area (Å²) in [4.78, 5) is 2.04. The van der Waals surface area contributed by atoms with Crippen molar-refractivity contribution in [3.63, 3.8) is 0 Å². The van der Waals surface area contributed by atoms with Crippen LogP contribution >= 0.6 is 0 Å². The number of rotatable bonds is 4. The predicted molar refractivity (Wildman–Crippen MR) is 44.9 cm³/mol. The Balaban J connectivity index is 2.41. The predicted octanol–water partition coefficient (Wildman–Crippen LogP) is -0.940. The third-order valence-corrected chi connectivity index (χ3v) is 2.28. The molecule has 0 aliphatic carbocycles. The highest BCUT2D eigenvalue weighted by molar-refractivity contribution is 4.82. The molecule has 12 heavy (non-hydrogen) atoms. The zero-order valence-electron chi connectivity index (χ0n) is 7.44. The maximum Gasteiger partial charge on any atom is 0.0950 e. The van der Waals surface area contributed by atoms with Gasteiger partial charge < -0.3 is 14.9 Å². The first-order chi connectivity index (χ1) is 5.79. The average Bonchev–Trinajstić information content (AvgIpc) is 2.47. The second-order valence-electron chi connectivity index (χ2n) is 3.02. The summed E-state index contributed by atoms with van der Waals surface area (Å²) in [6.45, 7) is 4.60. The largest absolute Gasteiger partial charge is 0.395 e. The number of likely N-dealkylation sites (N-methyl/N-ethyl adjacent to an activating group) is 1. The van der Waals surface area contributed by atoms with Crippen molar-refractivity contribution < 1.29 is 14.9 Å². The number of nitrogens with zero attached hydrogens (tertiary/aromatic N) is 1. The minimum atomic E-state index is -0.392. The summed E-state index contributed by atoms with van der Waals surface area (Å²) in [7, 11) is 0. The maximum absolute atomic E-state index is 9.47. The quantitative estimate of drug-likeness (QED) is 0.579.